The van der Waals surface area contributed by atoms with Gasteiger partial charge in [0, 0.05) is 36.6 Å². The summed E-state index contributed by atoms with van der Waals surface area (Å²) in [5.74, 6) is 2.02. The normalized spacial score (nSPS) is 11.3. The lowest BCUT2D eigenvalue weighted by Crippen LogP contribution is -2.04. The topological polar surface area (TPSA) is 82.4 Å². The van der Waals surface area contributed by atoms with Crippen LogP contribution in [0.3, 0.4) is 0 Å². The van der Waals surface area contributed by atoms with Crippen molar-refractivity contribution in [2.75, 3.05) is 11.1 Å². The van der Waals surface area contributed by atoms with E-state index in [1.54, 1.807) is 12.1 Å². The molecule has 0 amide bonds. The number of hydrogen-bond acceptors (Lipinski definition) is 5. The average Bonchev–Trinajstić information content (AvgIpc) is 3.27. The molecule has 5 aromatic rings. The number of benzene rings is 2. The van der Waals surface area contributed by atoms with Gasteiger partial charge in [0.1, 0.15) is 11.4 Å². The molecular formula is C22H19ClN6O. The standard InChI is InChI=1S/C22H19ClN6O/c1-28-19-11-16(24)4-7-18(19)26-22(28)25-12-14-2-5-17(6-3-14)30-21-13-29-9-8-15(23)10-20(29)27-21/h2-11,13H,12,24H2,1H3,(H,25,26). The number of halogens is 1. The molecule has 3 N–H and O–H groups in total. The van der Waals surface area contributed by atoms with Crippen LogP contribution in [0.15, 0.2) is 67.0 Å². The lowest BCUT2D eigenvalue weighted by atomic mass is 10.2. The molecule has 0 aliphatic rings. The van der Waals surface area contributed by atoms with Crippen LogP contribution in [-0.2, 0) is 13.6 Å². The maximum atomic E-state index is 6.01. The number of ether oxygens (including phenoxy) is 1. The van der Waals surface area contributed by atoms with Crippen molar-refractivity contribution < 1.29 is 4.74 Å². The zero-order chi connectivity index (χ0) is 20.7. The second kappa shape index (κ2) is 7.27. The Labute approximate surface area is 177 Å². The van der Waals surface area contributed by atoms with E-state index in [1.165, 1.54) is 0 Å². The zero-order valence-corrected chi connectivity index (χ0v) is 17.0. The van der Waals surface area contributed by atoms with Gasteiger partial charge in [0.05, 0.1) is 17.2 Å². The molecule has 7 nitrogen and oxygen atoms in total. The fraction of sp³-hybridized carbons (Fsp3) is 0.0909. The van der Waals surface area contributed by atoms with E-state index in [1.807, 2.05) is 70.9 Å². The first-order valence-electron chi connectivity index (χ1n) is 9.42. The number of nitrogens with two attached hydrogens (primary N) is 1. The Kier molecular flexibility index (Phi) is 4.44. The van der Waals surface area contributed by atoms with Crippen molar-refractivity contribution in [1.82, 2.24) is 18.9 Å². The molecule has 150 valence electrons. The molecule has 0 saturated heterocycles. The van der Waals surface area contributed by atoms with Crippen LogP contribution in [0.25, 0.3) is 16.7 Å². The summed E-state index contributed by atoms with van der Waals surface area (Å²) in [6, 6.07) is 17.2. The van der Waals surface area contributed by atoms with E-state index in [0.717, 1.165) is 33.9 Å². The number of rotatable bonds is 5. The molecule has 2 aromatic carbocycles. The summed E-state index contributed by atoms with van der Waals surface area (Å²) in [5, 5.41) is 4.01. The number of anilines is 2. The maximum Gasteiger partial charge on any atom is 0.238 e. The number of nitrogens with zero attached hydrogens (tertiary/aromatic N) is 4. The van der Waals surface area contributed by atoms with Crippen molar-refractivity contribution in [3.63, 3.8) is 0 Å². The summed E-state index contributed by atoms with van der Waals surface area (Å²) >= 11 is 6.01. The van der Waals surface area contributed by atoms with Crippen LogP contribution in [0.2, 0.25) is 5.02 Å². The molecule has 0 spiro atoms. The molecule has 0 aliphatic carbocycles. The van der Waals surface area contributed by atoms with E-state index in [4.69, 9.17) is 22.1 Å². The first-order chi connectivity index (χ1) is 14.5. The number of nitrogens with one attached hydrogen (secondary N) is 1. The van der Waals surface area contributed by atoms with Crippen molar-refractivity contribution in [1.29, 1.82) is 0 Å². The Hall–Kier alpha value is -3.71. The van der Waals surface area contributed by atoms with Crippen LogP contribution >= 0.6 is 11.6 Å². The zero-order valence-electron chi connectivity index (χ0n) is 16.2. The number of pyridine rings is 1. The first-order valence-corrected chi connectivity index (χ1v) is 9.80. The number of aryl methyl sites for hydroxylation is 1. The van der Waals surface area contributed by atoms with E-state index in [-0.39, 0.29) is 0 Å². The highest BCUT2D eigenvalue weighted by molar-refractivity contribution is 6.30. The van der Waals surface area contributed by atoms with Crippen LogP contribution in [0.1, 0.15) is 5.56 Å². The van der Waals surface area contributed by atoms with Gasteiger partial charge in [-0.1, -0.05) is 23.7 Å². The van der Waals surface area contributed by atoms with Crippen molar-refractivity contribution in [3.8, 4) is 11.6 Å². The SMILES string of the molecule is Cn1c(NCc2ccc(Oc3cn4ccc(Cl)cc4n3)cc2)nc2ccc(N)cc21. The highest BCUT2D eigenvalue weighted by atomic mass is 35.5. The molecule has 0 saturated carbocycles. The summed E-state index contributed by atoms with van der Waals surface area (Å²) in [7, 11) is 1.97. The Balaban J connectivity index is 1.27. The summed E-state index contributed by atoms with van der Waals surface area (Å²) < 4.78 is 9.73. The van der Waals surface area contributed by atoms with Crippen molar-refractivity contribution in [3.05, 3.63) is 77.6 Å². The van der Waals surface area contributed by atoms with Gasteiger partial charge in [0.2, 0.25) is 11.8 Å². The highest BCUT2D eigenvalue weighted by Crippen LogP contribution is 2.24. The highest BCUT2D eigenvalue weighted by Gasteiger charge is 2.08. The third-order valence-corrected chi connectivity index (χ3v) is 5.14. The molecule has 3 aromatic heterocycles. The van der Waals surface area contributed by atoms with E-state index in [2.05, 4.69) is 15.3 Å². The third kappa shape index (κ3) is 3.51. The summed E-state index contributed by atoms with van der Waals surface area (Å²) in [6.07, 6.45) is 3.67. The van der Waals surface area contributed by atoms with Crippen molar-refractivity contribution >= 4 is 39.9 Å². The Bertz CT molecular complexity index is 1360. The van der Waals surface area contributed by atoms with E-state index < -0.39 is 0 Å². The minimum Gasteiger partial charge on any atom is -0.437 e. The van der Waals surface area contributed by atoms with Gasteiger partial charge in [-0.15, -0.1) is 0 Å². The summed E-state index contributed by atoms with van der Waals surface area (Å²) in [4.78, 5) is 9.05. The van der Waals surface area contributed by atoms with Crippen molar-refractivity contribution in [2.24, 2.45) is 7.05 Å². The Morgan fingerprint density at radius 1 is 1.07 bits per heavy atom. The number of imidazole rings is 2. The fourth-order valence-corrected chi connectivity index (χ4v) is 3.48. The lowest BCUT2D eigenvalue weighted by molar-refractivity contribution is 0.466. The van der Waals surface area contributed by atoms with E-state index in [0.29, 0.717) is 23.2 Å². The van der Waals surface area contributed by atoms with Crippen molar-refractivity contribution in [2.45, 2.75) is 6.54 Å². The third-order valence-electron chi connectivity index (χ3n) is 4.90. The molecule has 0 bridgehead atoms. The van der Waals surface area contributed by atoms with Gasteiger partial charge < -0.3 is 24.8 Å². The molecule has 30 heavy (non-hydrogen) atoms. The quantitative estimate of drug-likeness (QED) is 0.398. The molecule has 5 rings (SSSR count). The second-order valence-corrected chi connectivity index (χ2v) is 7.47. The number of hydrogen-bond donors (Lipinski definition) is 2. The number of fused-ring (bicyclic) bond motifs is 2. The largest absolute Gasteiger partial charge is 0.437 e. The number of aromatic nitrogens is 4. The van der Waals surface area contributed by atoms with Gasteiger partial charge >= 0.3 is 0 Å². The van der Waals surface area contributed by atoms with E-state index in [9.17, 15) is 0 Å². The monoisotopic (exact) mass is 418 g/mol. The maximum absolute atomic E-state index is 6.01. The van der Waals surface area contributed by atoms with Crippen LogP contribution < -0.4 is 15.8 Å². The van der Waals surface area contributed by atoms with Gasteiger partial charge in [-0.05, 0) is 42.0 Å². The van der Waals surface area contributed by atoms with E-state index >= 15 is 0 Å². The molecule has 8 heteroatoms. The summed E-state index contributed by atoms with van der Waals surface area (Å²) in [5.41, 5.74) is 10.4. The molecule has 0 unspecified atom stereocenters. The van der Waals surface area contributed by atoms with Gasteiger partial charge in [0.15, 0.2) is 0 Å². The smallest absolute Gasteiger partial charge is 0.238 e. The van der Waals surface area contributed by atoms with Gasteiger partial charge in [-0.3, -0.25) is 0 Å². The summed E-state index contributed by atoms with van der Waals surface area (Å²) in [6.45, 7) is 0.639. The van der Waals surface area contributed by atoms with Crippen LogP contribution in [0, 0.1) is 0 Å². The Morgan fingerprint density at radius 2 is 1.90 bits per heavy atom. The van der Waals surface area contributed by atoms with Crippen LogP contribution in [0.4, 0.5) is 11.6 Å². The number of nitrogen functional groups attached to an aromatic ring is 1. The molecular weight excluding hydrogens is 400 g/mol. The van der Waals surface area contributed by atoms with Crippen LogP contribution in [0.5, 0.6) is 11.6 Å². The molecule has 0 aliphatic heterocycles. The lowest BCUT2D eigenvalue weighted by Gasteiger charge is -2.07. The van der Waals surface area contributed by atoms with Gasteiger partial charge in [-0.25, -0.2) is 4.98 Å². The average molecular weight is 419 g/mol. The molecule has 0 fully saturated rings. The second-order valence-electron chi connectivity index (χ2n) is 7.03. The molecule has 0 atom stereocenters. The first kappa shape index (κ1) is 18.3. The van der Waals surface area contributed by atoms with Crippen LogP contribution in [-0.4, -0.2) is 18.9 Å². The fourth-order valence-electron chi connectivity index (χ4n) is 3.33. The predicted octanol–water partition coefficient (Wildman–Crippen LogP) is 4.86. The minimum atomic E-state index is 0.516. The molecule has 3 heterocycles. The van der Waals surface area contributed by atoms with Gasteiger partial charge in [0.25, 0.3) is 0 Å². The predicted molar refractivity (Wildman–Crippen MR) is 119 cm³/mol. The Morgan fingerprint density at radius 3 is 2.73 bits per heavy atom. The minimum absolute atomic E-state index is 0.516. The molecule has 0 radical (unpaired) electrons. The van der Waals surface area contributed by atoms with Gasteiger partial charge in [-0.2, -0.15) is 4.98 Å².